The zero-order valence-electron chi connectivity index (χ0n) is 17.6. The molecule has 2 heterocycles. The van der Waals surface area contributed by atoms with Gasteiger partial charge in [-0.15, -0.1) is 0 Å². The van der Waals surface area contributed by atoms with E-state index in [1.165, 1.54) is 4.90 Å². The molecule has 0 bridgehead atoms. The number of aryl methyl sites for hydroxylation is 1. The van der Waals surface area contributed by atoms with Crippen molar-refractivity contribution in [2.24, 2.45) is 0 Å². The van der Waals surface area contributed by atoms with E-state index >= 15 is 0 Å². The van der Waals surface area contributed by atoms with Gasteiger partial charge >= 0.3 is 0 Å². The van der Waals surface area contributed by atoms with Crippen LogP contribution in [0.3, 0.4) is 0 Å². The Hall–Kier alpha value is -3.45. The molecule has 0 radical (unpaired) electrons. The highest BCUT2D eigenvalue weighted by Crippen LogP contribution is 2.41. The molecule has 1 atom stereocenters. The normalized spacial score (nSPS) is 17.6. The second-order valence-electron chi connectivity index (χ2n) is 7.52. The summed E-state index contributed by atoms with van der Waals surface area (Å²) in [6.07, 6.45) is 3.31. The van der Waals surface area contributed by atoms with E-state index in [9.17, 15) is 14.7 Å². The van der Waals surface area contributed by atoms with Crippen LogP contribution in [0.15, 0.2) is 77.0 Å². The van der Waals surface area contributed by atoms with Crippen molar-refractivity contribution in [2.75, 3.05) is 7.11 Å². The first-order valence-electron chi connectivity index (χ1n) is 9.98. The van der Waals surface area contributed by atoms with Crippen molar-refractivity contribution in [1.29, 1.82) is 0 Å². The molecule has 4 rings (SSSR count). The summed E-state index contributed by atoms with van der Waals surface area (Å²) in [5.41, 5.74) is 2.77. The van der Waals surface area contributed by atoms with Gasteiger partial charge in [0.2, 0.25) is 0 Å². The Morgan fingerprint density at radius 3 is 2.62 bits per heavy atom. The van der Waals surface area contributed by atoms with Crippen molar-refractivity contribution >= 4 is 33.4 Å². The summed E-state index contributed by atoms with van der Waals surface area (Å²) >= 11 is 3.46. The number of hydrogen-bond acceptors (Lipinski definition) is 5. The van der Waals surface area contributed by atoms with Crippen LogP contribution in [-0.2, 0) is 16.1 Å². The molecule has 0 aliphatic carbocycles. The van der Waals surface area contributed by atoms with Gasteiger partial charge in [0.1, 0.15) is 11.5 Å². The maximum absolute atomic E-state index is 13.2. The lowest BCUT2D eigenvalue weighted by Gasteiger charge is -2.25. The topological polar surface area (TPSA) is 79.7 Å². The summed E-state index contributed by atoms with van der Waals surface area (Å²) in [4.78, 5) is 31.8. The van der Waals surface area contributed by atoms with E-state index in [0.717, 1.165) is 21.2 Å². The Morgan fingerprint density at radius 1 is 1.16 bits per heavy atom. The molecule has 2 aromatic carbocycles. The van der Waals surface area contributed by atoms with Gasteiger partial charge in [-0.25, -0.2) is 0 Å². The van der Waals surface area contributed by atoms with Crippen LogP contribution in [0.1, 0.15) is 28.3 Å². The number of nitrogens with zero attached hydrogens (tertiary/aromatic N) is 2. The maximum Gasteiger partial charge on any atom is 0.295 e. The number of pyridine rings is 1. The Bertz CT molecular complexity index is 1220. The van der Waals surface area contributed by atoms with E-state index in [1.54, 1.807) is 43.8 Å². The van der Waals surface area contributed by atoms with Crippen molar-refractivity contribution < 1.29 is 19.4 Å². The number of amides is 1. The van der Waals surface area contributed by atoms with E-state index in [-0.39, 0.29) is 17.9 Å². The number of halogens is 1. The van der Waals surface area contributed by atoms with Crippen LogP contribution in [0, 0.1) is 6.92 Å². The second-order valence-corrected chi connectivity index (χ2v) is 8.44. The number of carbonyl (C=O) groups excluding carboxylic acids is 2. The number of hydrogen-bond donors (Lipinski definition) is 1. The molecular weight excluding hydrogens is 472 g/mol. The minimum atomic E-state index is -0.741. The first-order chi connectivity index (χ1) is 15.4. The Kier molecular flexibility index (Phi) is 6.10. The standard InChI is InChI=1S/C25H21BrN2O4/c1-15-11-19(32-2)8-9-20(15)23(29)21-22(17-6-3-7-18(26)12-17)28(25(31)24(21)30)14-16-5-4-10-27-13-16/h3-13,22,29H,14H2,1-2H3/t22-/m1/s1. The number of aliphatic hydroxyl groups is 1. The molecule has 1 amide bonds. The van der Waals surface area contributed by atoms with E-state index < -0.39 is 17.7 Å². The Morgan fingerprint density at radius 2 is 1.97 bits per heavy atom. The summed E-state index contributed by atoms with van der Waals surface area (Å²) in [5, 5.41) is 11.3. The van der Waals surface area contributed by atoms with Gasteiger partial charge in [0.25, 0.3) is 11.7 Å². The first-order valence-corrected chi connectivity index (χ1v) is 10.8. The van der Waals surface area contributed by atoms with Crippen LogP contribution in [0.25, 0.3) is 5.76 Å². The first kappa shape index (κ1) is 21.8. The molecule has 1 aliphatic rings. The number of benzene rings is 2. The van der Waals surface area contributed by atoms with Gasteiger partial charge in [0.15, 0.2) is 0 Å². The predicted octanol–water partition coefficient (Wildman–Crippen LogP) is 4.78. The van der Waals surface area contributed by atoms with E-state index in [0.29, 0.717) is 11.3 Å². The van der Waals surface area contributed by atoms with Crippen molar-refractivity contribution in [3.05, 3.63) is 99.3 Å². The van der Waals surface area contributed by atoms with Crippen molar-refractivity contribution in [2.45, 2.75) is 19.5 Å². The number of aliphatic hydroxyl groups excluding tert-OH is 1. The van der Waals surface area contributed by atoms with Crippen molar-refractivity contribution in [3.63, 3.8) is 0 Å². The lowest BCUT2D eigenvalue weighted by molar-refractivity contribution is -0.140. The third kappa shape index (κ3) is 4.03. The zero-order valence-corrected chi connectivity index (χ0v) is 19.2. The fourth-order valence-electron chi connectivity index (χ4n) is 3.93. The molecule has 1 fully saturated rings. The maximum atomic E-state index is 13.2. The average Bonchev–Trinajstić information content (AvgIpc) is 3.04. The van der Waals surface area contributed by atoms with E-state index in [1.807, 2.05) is 37.3 Å². The molecule has 1 N–H and O–H groups in total. The minimum Gasteiger partial charge on any atom is -0.507 e. The molecule has 7 heteroatoms. The molecule has 0 saturated carbocycles. The number of aromatic nitrogens is 1. The Labute approximate surface area is 194 Å². The number of ether oxygens (including phenoxy) is 1. The third-order valence-electron chi connectivity index (χ3n) is 5.47. The molecule has 0 spiro atoms. The summed E-state index contributed by atoms with van der Waals surface area (Å²) in [5.74, 6) is -0.945. The highest BCUT2D eigenvalue weighted by Gasteiger charge is 2.46. The van der Waals surface area contributed by atoms with Crippen molar-refractivity contribution in [3.8, 4) is 5.75 Å². The summed E-state index contributed by atoms with van der Waals surface area (Å²) in [6, 6.07) is 15.4. The van der Waals surface area contributed by atoms with Gasteiger partial charge in [-0.1, -0.05) is 34.1 Å². The Balaban J connectivity index is 1.88. The van der Waals surface area contributed by atoms with Crippen LogP contribution < -0.4 is 4.74 Å². The molecule has 3 aromatic rings. The fraction of sp³-hybridized carbons (Fsp3) is 0.160. The largest absolute Gasteiger partial charge is 0.507 e. The smallest absolute Gasteiger partial charge is 0.295 e. The van der Waals surface area contributed by atoms with Crippen molar-refractivity contribution in [1.82, 2.24) is 9.88 Å². The van der Waals surface area contributed by atoms with Gasteiger partial charge < -0.3 is 14.7 Å². The number of Topliss-reactive ketones (excluding diaryl/α,β-unsaturated/α-hetero) is 1. The SMILES string of the molecule is COc1ccc(C(O)=C2C(=O)C(=O)N(Cc3cccnc3)[C@@H]2c2cccc(Br)c2)c(C)c1. The molecule has 1 aliphatic heterocycles. The van der Waals surface area contributed by atoms with Crippen LogP contribution in [0.2, 0.25) is 0 Å². The molecule has 1 saturated heterocycles. The van der Waals surface area contributed by atoms with Gasteiger partial charge in [-0.05, 0) is 60.0 Å². The van der Waals surface area contributed by atoms with Gasteiger partial charge in [-0.2, -0.15) is 0 Å². The highest BCUT2D eigenvalue weighted by molar-refractivity contribution is 9.10. The summed E-state index contributed by atoms with van der Waals surface area (Å²) < 4.78 is 6.05. The molecule has 162 valence electrons. The number of carbonyl (C=O) groups is 2. The zero-order chi connectivity index (χ0) is 22.8. The number of ketones is 1. The van der Waals surface area contributed by atoms with Gasteiger partial charge in [-0.3, -0.25) is 14.6 Å². The summed E-state index contributed by atoms with van der Waals surface area (Å²) in [6.45, 7) is 2.01. The monoisotopic (exact) mass is 492 g/mol. The summed E-state index contributed by atoms with van der Waals surface area (Å²) in [7, 11) is 1.56. The van der Waals surface area contributed by atoms with Crippen LogP contribution >= 0.6 is 15.9 Å². The molecule has 6 nitrogen and oxygen atoms in total. The second kappa shape index (κ2) is 8.96. The number of methoxy groups -OCH3 is 1. The molecular formula is C25H21BrN2O4. The predicted molar refractivity (Wildman–Crippen MR) is 124 cm³/mol. The molecule has 32 heavy (non-hydrogen) atoms. The highest BCUT2D eigenvalue weighted by atomic mass is 79.9. The van der Waals surface area contributed by atoms with Gasteiger partial charge in [0.05, 0.1) is 18.7 Å². The van der Waals surface area contributed by atoms with E-state index in [4.69, 9.17) is 4.74 Å². The van der Waals surface area contributed by atoms with Crippen LogP contribution in [0.4, 0.5) is 0 Å². The number of likely N-dealkylation sites (tertiary alicyclic amines) is 1. The lowest BCUT2D eigenvalue weighted by Crippen LogP contribution is -2.29. The third-order valence-corrected chi connectivity index (χ3v) is 5.96. The molecule has 1 aromatic heterocycles. The van der Waals surface area contributed by atoms with Gasteiger partial charge in [0, 0.05) is 29.0 Å². The minimum absolute atomic E-state index is 0.0604. The number of rotatable bonds is 5. The van der Waals surface area contributed by atoms with Crippen LogP contribution in [0.5, 0.6) is 5.75 Å². The van der Waals surface area contributed by atoms with Crippen LogP contribution in [-0.4, -0.2) is 33.8 Å². The van der Waals surface area contributed by atoms with E-state index in [2.05, 4.69) is 20.9 Å². The molecule has 0 unspecified atom stereocenters. The fourth-order valence-corrected chi connectivity index (χ4v) is 4.35. The quantitative estimate of drug-likeness (QED) is 0.314. The average molecular weight is 493 g/mol. The lowest BCUT2D eigenvalue weighted by atomic mass is 9.94.